The maximum absolute atomic E-state index is 3.58. The lowest BCUT2D eigenvalue weighted by atomic mass is 10.0. The van der Waals surface area contributed by atoms with Crippen LogP contribution in [-0.2, 0) is 6.42 Å². The molecule has 1 atom stereocenters. The number of rotatable bonds is 6. The first-order chi connectivity index (χ1) is 8.79. The molecule has 1 nitrogen and oxygen atoms in total. The third-order valence-corrected chi connectivity index (χ3v) is 4.13. The van der Waals surface area contributed by atoms with Crippen molar-refractivity contribution >= 4 is 11.3 Å². The van der Waals surface area contributed by atoms with Crippen LogP contribution in [0, 0.1) is 6.92 Å². The molecule has 0 aliphatic heterocycles. The summed E-state index contributed by atoms with van der Waals surface area (Å²) in [6, 6.07) is 13.7. The summed E-state index contributed by atoms with van der Waals surface area (Å²) in [5.41, 5.74) is 2.79. The zero-order valence-corrected chi connectivity index (χ0v) is 12.0. The van der Waals surface area contributed by atoms with Gasteiger partial charge in [-0.1, -0.05) is 42.8 Å². The van der Waals surface area contributed by atoms with Crippen LogP contribution in [0.3, 0.4) is 0 Å². The van der Waals surface area contributed by atoms with Crippen molar-refractivity contribution in [3.63, 3.8) is 0 Å². The van der Waals surface area contributed by atoms with Gasteiger partial charge >= 0.3 is 0 Å². The van der Waals surface area contributed by atoms with Crippen molar-refractivity contribution in [3.8, 4) is 0 Å². The largest absolute Gasteiger partial charge is 0.310 e. The molecule has 0 aliphatic rings. The minimum absolute atomic E-state index is 0.496. The molecule has 18 heavy (non-hydrogen) atoms. The van der Waals surface area contributed by atoms with E-state index in [1.54, 1.807) is 0 Å². The van der Waals surface area contributed by atoms with Crippen molar-refractivity contribution in [1.29, 1.82) is 0 Å². The molecule has 0 fully saturated rings. The van der Waals surface area contributed by atoms with Gasteiger partial charge in [0.2, 0.25) is 0 Å². The van der Waals surface area contributed by atoms with Crippen molar-refractivity contribution in [2.45, 2.75) is 32.7 Å². The highest BCUT2D eigenvalue weighted by Crippen LogP contribution is 2.23. The fourth-order valence-electron chi connectivity index (χ4n) is 2.26. The number of thiophene rings is 1. The number of nitrogens with one attached hydrogen (secondary N) is 1. The van der Waals surface area contributed by atoms with Crippen molar-refractivity contribution < 1.29 is 0 Å². The van der Waals surface area contributed by atoms with Crippen LogP contribution < -0.4 is 5.32 Å². The molecule has 0 aliphatic carbocycles. The molecule has 1 heterocycles. The Kier molecular flexibility index (Phi) is 4.97. The molecule has 0 bridgehead atoms. The predicted molar refractivity (Wildman–Crippen MR) is 80.2 cm³/mol. The molecule has 1 unspecified atom stereocenters. The lowest BCUT2D eigenvalue weighted by Crippen LogP contribution is -2.20. The van der Waals surface area contributed by atoms with E-state index in [1.807, 2.05) is 11.3 Å². The zero-order valence-electron chi connectivity index (χ0n) is 11.1. The van der Waals surface area contributed by atoms with Crippen molar-refractivity contribution in [2.24, 2.45) is 0 Å². The molecule has 96 valence electrons. The summed E-state index contributed by atoms with van der Waals surface area (Å²) in [6.07, 6.45) is 2.30. The molecule has 0 saturated heterocycles. The zero-order chi connectivity index (χ0) is 12.8. The Morgan fingerprint density at radius 3 is 2.78 bits per heavy atom. The number of benzene rings is 1. The molecular formula is C16H21NS. The van der Waals surface area contributed by atoms with Crippen LogP contribution in [0.2, 0.25) is 0 Å². The van der Waals surface area contributed by atoms with Gasteiger partial charge in [0.25, 0.3) is 0 Å². The van der Waals surface area contributed by atoms with Gasteiger partial charge in [-0.15, -0.1) is 11.3 Å². The third kappa shape index (κ3) is 3.69. The van der Waals surface area contributed by atoms with Crippen molar-refractivity contribution in [3.05, 3.63) is 57.8 Å². The molecule has 0 spiro atoms. The Labute approximate surface area is 114 Å². The van der Waals surface area contributed by atoms with Gasteiger partial charge in [0.05, 0.1) is 0 Å². The van der Waals surface area contributed by atoms with Gasteiger partial charge in [-0.3, -0.25) is 0 Å². The molecule has 1 aromatic carbocycles. The summed E-state index contributed by atoms with van der Waals surface area (Å²) < 4.78 is 0. The molecule has 1 aromatic heterocycles. The maximum atomic E-state index is 3.58. The second kappa shape index (κ2) is 6.72. The molecule has 0 radical (unpaired) electrons. The second-order valence-electron chi connectivity index (χ2n) is 4.65. The van der Waals surface area contributed by atoms with Crippen LogP contribution in [-0.4, -0.2) is 6.54 Å². The SMILES string of the molecule is CCNC(CCc1cccc(C)c1)c1cccs1. The van der Waals surface area contributed by atoms with Gasteiger partial charge in [0.1, 0.15) is 0 Å². The predicted octanol–water partition coefficient (Wildman–Crippen LogP) is 4.34. The summed E-state index contributed by atoms with van der Waals surface area (Å²) in [7, 11) is 0. The van der Waals surface area contributed by atoms with Crippen LogP contribution in [0.25, 0.3) is 0 Å². The van der Waals surface area contributed by atoms with E-state index in [4.69, 9.17) is 0 Å². The van der Waals surface area contributed by atoms with Crippen molar-refractivity contribution in [1.82, 2.24) is 5.32 Å². The topological polar surface area (TPSA) is 12.0 Å². The lowest BCUT2D eigenvalue weighted by molar-refractivity contribution is 0.523. The van der Waals surface area contributed by atoms with Gasteiger partial charge in [0.15, 0.2) is 0 Å². The van der Waals surface area contributed by atoms with E-state index in [0.717, 1.165) is 19.4 Å². The standard InChI is InChI=1S/C16H21NS/c1-3-17-15(16-8-5-11-18-16)10-9-14-7-4-6-13(2)12-14/h4-8,11-12,15,17H,3,9-10H2,1-2H3. The van der Waals surface area contributed by atoms with Crippen LogP contribution in [0.15, 0.2) is 41.8 Å². The fourth-order valence-corrected chi connectivity index (χ4v) is 3.10. The minimum Gasteiger partial charge on any atom is -0.310 e. The summed E-state index contributed by atoms with van der Waals surface area (Å²) in [5.74, 6) is 0. The van der Waals surface area contributed by atoms with Crippen LogP contribution in [0.4, 0.5) is 0 Å². The van der Waals surface area contributed by atoms with Gasteiger partial charge in [-0.2, -0.15) is 0 Å². The summed E-state index contributed by atoms with van der Waals surface area (Å²) in [5, 5.41) is 5.74. The summed E-state index contributed by atoms with van der Waals surface area (Å²) in [4.78, 5) is 1.45. The molecule has 2 heteroatoms. The highest BCUT2D eigenvalue weighted by Gasteiger charge is 2.11. The Bertz CT molecular complexity index is 462. The smallest absolute Gasteiger partial charge is 0.0417 e. The maximum Gasteiger partial charge on any atom is 0.0417 e. The van der Waals surface area contributed by atoms with Gasteiger partial charge in [0, 0.05) is 10.9 Å². The Morgan fingerprint density at radius 1 is 1.22 bits per heavy atom. The minimum atomic E-state index is 0.496. The highest BCUT2D eigenvalue weighted by atomic mass is 32.1. The average molecular weight is 259 g/mol. The van der Waals surface area contributed by atoms with Gasteiger partial charge in [-0.25, -0.2) is 0 Å². The van der Waals surface area contributed by atoms with E-state index in [1.165, 1.54) is 16.0 Å². The van der Waals surface area contributed by atoms with E-state index in [0.29, 0.717) is 6.04 Å². The average Bonchev–Trinajstić information content (AvgIpc) is 2.88. The first kappa shape index (κ1) is 13.3. The van der Waals surface area contributed by atoms with E-state index in [2.05, 4.69) is 60.9 Å². The highest BCUT2D eigenvalue weighted by molar-refractivity contribution is 7.10. The molecule has 0 amide bonds. The van der Waals surface area contributed by atoms with E-state index >= 15 is 0 Å². The molecule has 2 rings (SSSR count). The van der Waals surface area contributed by atoms with Crippen molar-refractivity contribution in [2.75, 3.05) is 6.54 Å². The number of hydrogen-bond acceptors (Lipinski definition) is 2. The number of hydrogen-bond donors (Lipinski definition) is 1. The van der Waals surface area contributed by atoms with Crippen LogP contribution in [0.1, 0.15) is 35.4 Å². The molecule has 1 N–H and O–H groups in total. The molecule has 0 saturated carbocycles. The lowest BCUT2D eigenvalue weighted by Gasteiger charge is -2.16. The van der Waals surface area contributed by atoms with Gasteiger partial charge in [-0.05, 0) is 43.3 Å². The first-order valence-corrected chi connectivity index (χ1v) is 7.50. The summed E-state index contributed by atoms with van der Waals surface area (Å²) >= 11 is 1.85. The molecular weight excluding hydrogens is 238 g/mol. The monoisotopic (exact) mass is 259 g/mol. The van der Waals surface area contributed by atoms with Crippen LogP contribution >= 0.6 is 11.3 Å². The van der Waals surface area contributed by atoms with Crippen LogP contribution in [0.5, 0.6) is 0 Å². The van der Waals surface area contributed by atoms with E-state index in [-0.39, 0.29) is 0 Å². The fraction of sp³-hybridized carbons (Fsp3) is 0.375. The first-order valence-electron chi connectivity index (χ1n) is 6.62. The Morgan fingerprint density at radius 2 is 2.11 bits per heavy atom. The molecule has 2 aromatic rings. The number of aryl methyl sites for hydroxylation is 2. The van der Waals surface area contributed by atoms with Gasteiger partial charge < -0.3 is 5.32 Å². The van der Waals surface area contributed by atoms with E-state index < -0.39 is 0 Å². The Balaban J connectivity index is 1.98. The van der Waals surface area contributed by atoms with E-state index in [9.17, 15) is 0 Å². The third-order valence-electron chi connectivity index (χ3n) is 3.14. The normalized spacial score (nSPS) is 12.6. The quantitative estimate of drug-likeness (QED) is 0.813. The summed E-state index contributed by atoms with van der Waals surface area (Å²) in [6.45, 7) is 5.36. The second-order valence-corrected chi connectivity index (χ2v) is 5.63. The Hall–Kier alpha value is -1.12.